The van der Waals surface area contributed by atoms with Crippen LogP contribution in [0.3, 0.4) is 0 Å². The highest BCUT2D eigenvalue weighted by Gasteiger charge is 2.13. The zero-order chi connectivity index (χ0) is 12.8. The number of aliphatic carboxylic acids is 1. The van der Waals surface area contributed by atoms with E-state index in [0.29, 0.717) is 6.42 Å². The molecule has 0 saturated carbocycles. The standard InChI is InChI=1S/C13H19NO3/c1-9(2)17-12-6-4-3-5-10(12)11(14)7-8-13(15)16/h3-6,9,11H,7-8,14H2,1-2H3,(H,15,16). The van der Waals surface area contributed by atoms with E-state index in [1.54, 1.807) is 0 Å². The molecule has 1 rings (SSSR count). The van der Waals surface area contributed by atoms with E-state index < -0.39 is 5.97 Å². The lowest BCUT2D eigenvalue weighted by Gasteiger charge is -2.18. The Labute approximate surface area is 101 Å². The van der Waals surface area contributed by atoms with Crippen LogP contribution in [0.4, 0.5) is 0 Å². The number of ether oxygens (including phenoxy) is 1. The minimum atomic E-state index is -0.831. The number of carboxylic acids is 1. The summed E-state index contributed by atoms with van der Waals surface area (Å²) in [4.78, 5) is 10.5. The van der Waals surface area contributed by atoms with Crippen molar-refractivity contribution in [2.24, 2.45) is 5.73 Å². The summed E-state index contributed by atoms with van der Waals surface area (Å²) in [5, 5.41) is 8.64. The first-order valence-corrected chi connectivity index (χ1v) is 5.73. The summed E-state index contributed by atoms with van der Waals surface area (Å²) >= 11 is 0. The molecule has 0 bridgehead atoms. The minimum absolute atomic E-state index is 0.0666. The first-order chi connectivity index (χ1) is 8.00. The lowest BCUT2D eigenvalue weighted by Crippen LogP contribution is -2.15. The van der Waals surface area contributed by atoms with Crippen molar-refractivity contribution in [2.75, 3.05) is 0 Å². The first-order valence-electron chi connectivity index (χ1n) is 5.73. The molecule has 4 nitrogen and oxygen atoms in total. The summed E-state index contributed by atoms with van der Waals surface area (Å²) in [5.74, 6) is -0.0944. The molecule has 4 heteroatoms. The molecule has 1 aromatic rings. The molecule has 94 valence electrons. The minimum Gasteiger partial charge on any atom is -0.491 e. The van der Waals surface area contributed by atoms with Gasteiger partial charge in [0.05, 0.1) is 6.10 Å². The zero-order valence-corrected chi connectivity index (χ0v) is 10.2. The van der Waals surface area contributed by atoms with Crippen molar-refractivity contribution in [2.45, 2.75) is 38.8 Å². The third-order valence-electron chi connectivity index (χ3n) is 2.35. The van der Waals surface area contributed by atoms with E-state index in [1.807, 2.05) is 38.1 Å². The Morgan fingerprint density at radius 1 is 1.41 bits per heavy atom. The number of nitrogens with two attached hydrogens (primary N) is 1. The van der Waals surface area contributed by atoms with E-state index in [-0.39, 0.29) is 18.6 Å². The number of benzene rings is 1. The second kappa shape index (κ2) is 6.25. The van der Waals surface area contributed by atoms with E-state index in [0.717, 1.165) is 11.3 Å². The van der Waals surface area contributed by atoms with Gasteiger partial charge in [-0.05, 0) is 26.3 Å². The number of hydrogen-bond acceptors (Lipinski definition) is 3. The molecule has 0 amide bonds. The Morgan fingerprint density at radius 3 is 2.65 bits per heavy atom. The van der Waals surface area contributed by atoms with E-state index in [9.17, 15) is 4.79 Å². The van der Waals surface area contributed by atoms with Gasteiger partial charge in [0.2, 0.25) is 0 Å². The predicted octanol–water partition coefficient (Wildman–Crippen LogP) is 2.34. The van der Waals surface area contributed by atoms with Gasteiger partial charge in [0.1, 0.15) is 5.75 Å². The van der Waals surface area contributed by atoms with Crippen LogP contribution in [0.2, 0.25) is 0 Å². The number of carboxylic acid groups (broad SMARTS) is 1. The number of rotatable bonds is 6. The average molecular weight is 237 g/mol. The Morgan fingerprint density at radius 2 is 2.06 bits per heavy atom. The van der Waals surface area contributed by atoms with Gasteiger partial charge in [-0.1, -0.05) is 18.2 Å². The highest BCUT2D eigenvalue weighted by molar-refractivity contribution is 5.66. The second-order valence-electron chi connectivity index (χ2n) is 4.24. The van der Waals surface area contributed by atoms with Crippen molar-refractivity contribution < 1.29 is 14.6 Å². The van der Waals surface area contributed by atoms with Crippen molar-refractivity contribution in [3.63, 3.8) is 0 Å². The van der Waals surface area contributed by atoms with E-state index in [2.05, 4.69) is 0 Å². The smallest absolute Gasteiger partial charge is 0.303 e. The van der Waals surface area contributed by atoms with Crippen LogP contribution < -0.4 is 10.5 Å². The fraction of sp³-hybridized carbons (Fsp3) is 0.462. The fourth-order valence-corrected chi connectivity index (χ4v) is 1.58. The average Bonchev–Trinajstić information content (AvgIpc) is 2.25. The van der Waals surface area contributed by atoms with Gasteiger partial charge in [-0.15, -0.1) is 0 Å². The van der Waals surface area contributed by atoms with Crippen LogP contribution in [0.25, 0.3) is 0 Å². The van der Waals surface area contributed by atoms with Crippen LogP contribution >= 0.6 is 0 Å². The summed E-state index contributed by atoms with van der Waals surface area (Å²) in [6, 6.07) is 7.19. The zero-order valence-electron chi connectivity index (χ0n) is 10.2. The molecule has 0 radical (unpaired) electrons. The van der Waals surface area contributed by atoms with E-state index >= 15 is 0 Å². The van der Waals surface area contributed by atoms with Crippen LogP contribution in [0.1, 0.15) is 38.3 Å². The topological polar surface area (TPSA) is 72.5 Å². The molecule has 1 unspecified atom stereocenters. The lowest BCUT2D eigenvalue weighted by molar-refractivity contribution is -0.137. The van der Waals surface area contributed by atoms with Gasteiger partial charge in [0.15, 0.2) is 0 Å². The highest BCUT2D eigenvalue weighted by atomic mass is 16.5. The molecule has 0 aromatic heterocycles. The molecule has 0 heterocycles. The van der Waals surface area contributed by atoms with Gasteiger partial charge in [-0.2, -0.15) is 0 Å². The Bertz CT molecular complexity index is 377. The highest BCUT2D eigenvalue weighted by Crippen LogP contribution is 2.27. The Kier molecular flexibility index (Phi) is 4.97. The summed E-state index contributed by atoms with van der Waals surface area (Å²) in [5.41, 5.74) is 6.84. The second-order valence-corrected chi connectivity index (χ2v) is 4.24. The molecule has 0 aliphatic heterocycles. The lowest BCUT2D eigenvalue weighted by atomic mass is 10.0. The van der Waals surface area contributed by atoms with Gasteiger partial charge in [0, 0.05) is 18.0 Å². The molecule has 0 aliphatic carbocycles. The summed E-state index contributed by atoms with van der Waals surface area (Å²) < 4.78 is 5.65. The molecule has 17 heavy (non-hydrogen) atoms. The maximum atomic E-state index is 10.5. The van der Waals surface area contributed by atoms with E-state index in [1.165, 1.54) is 0 Å². The third kappa shape index (κ3) is 4.44. The van der Waals surface area contributed by atoms with Crippen molar-refractivity contribution in [1.82, 2.24) is 0 Å². The van der Waals surface area contributed by atoms with Gasteiger partial charge in [0.25, 0.3) is 0 Å². The van der Waals surface area contributed by atoms with Gasteiger partial charge in [-0.3, -0.25) is 4.79 Å². The largest absolute Gasteiger partial charge is 0.491 e. The maximum Gasteiger partial charge on any atom is 0.303 e. The third-order valence-corrected chi connectivity index (χ3v) is 2.35. The monoisotopic (exact) mass is 237 g/mol. The van der Waals surface area contributed by atoms with Gasteiger partial charge < -0.3 is 15.6 Å². The fourth-order valence-electron chi connectivity index (χ4n) is 1.58. The molecule has 1 atom stereocenters. The summed E-state index contributed by atoms with van der Waals surface area (Å²) in [6.07, 6.45) is 0.549. The predicted molar refractivity (Wildman–Crippen MR) is 66.0 cm³/mol. The van der Waals surface area contributed by atoms with Crippen LogP contribution in [0.5, 0.6) is 5.75 Å². The van der Waals surface area contributed by atoms with Crippen LogP contribution in [-0.4, -0.2) is 17.2 Å². The van der Waals surface area contributed by atoms with Crippen molar-refractivity contribution in [3.05, 3.63) is 29.8 Å². The summed E-state index contributed by atoms with van der Waals surface area (Å²) in [7, 11) is 0. The maximum absolute atomic E-state index is 10.5. The van der Waals surface area contributed by atoms with Gasteiger partial charge in [-0.25, -0.2) is 0 Å². The molecular weight excluding hydrogens is 218 g/mol. The molecule has 1 aromatic carbocycles. The summed E-state index contributed by atoms with van der Waals surface area (Å²) in [6.45, 7) is 3.89. The van der Waals surface area contributed by atoms with Crippen molar-refractivity contribution in [3.8, 4) is 5.75 Å². The van der Waals surface area contributed by atoms with Gasteiger partial charge >= 0.3 is 5.97 Å². The SMILES string of the molecule is CC(C)Oc1ccccc1C(N)CCC(=O)O. The number of carbonyl (C=O) groups is 1. The van der Waals surface area contributed by atoms with Crippen LogP contribution in [-0.2, 0) is 4.79 Å². The Hall–Kier alpha value is -1.55. The molecule has 0 saturated heterocycles. The number of para-hydroxylation sites is 1. The molecule has 0 aliphatic rings. The first kappa shape index (κ1) is 13.5. The Balaban J connectivity index is 2.77. The normalized spacial score (nSPS) is 12.5. The van der Waals surface area contributed by atoms with Crippen molar-refractivity contribution in [1.29, 1.82) is 0 Å². The molecule has 0 spiro atoms. The van der Waals surface area contributed by atoms with Crippen LogP contribution in [0, 0.1) is 0 Å². The number of hydrogen-bond donors (Lipinski definition) is 2. The van der Waals surface area contributed by atoms with E-state index in [4.69, 9.17) is 15.6 Å². The van der Waals surface area contributed by atoms with Crippen molar-refractivity contribution >= 4 is 5.97 Å². The quantitative estimate of drug-likeness (QED) is 0.796. The molecule has 0 fully saturated rings. The van der Waals surface area contributed by atoms with Crippen LogP contribution in [0.15, 0.2) is 24.3 Å². The molecular formula is C13H19NO3. The molecule has 3 N–H and O–H groups in total.